The standard InChI is InChI=1S/C10H16N2O8.4H3N/c13-7(14)3-11(4-8(15)16)1-2-12(5-9(17)18)6-10(19)20;;;;/h1-6H2,(H,13,14)(H,15,16)(H,17,18)(H,19,20);4*1H3/p+4. The average Bonchev–Trinajstić information content (AvgIpc) is 2.22. The van der Waals surface area contributed by atoms with E-state index in [4.69, 9.17) is 20.4 Å². The number of nitrogens with zero attached hydrogens (tertiary/aromatic N) is 2. The Morgan fingerprint density at radius 3 is 0.792 bits per heavy atom. The molecule has 20 N–H and O–H groups in total. The van der Waals surface area contributed by atoms with E-state index in [1.54, 1.807) is 0 Å². The molecule has 0 aromatic carbocycles. The van der Waals surface area contributed by atoms with Gasteiger partial charge in [0.05, 0.1) is 26.2 Å². The van der Waals surface area contributed by atoms with Crippen molar-refractivity contribution in [3.63, 3.8) is 0 Å². The molecule has 0 aromatic heterocycles. The van der Waals surface area contributed by atoms with E-state index in [9.17, 15) is 19.2 Å². The van der Waals surface area contributed by atoms with Crippen LogP contribution >= 0.6 is 0 Å². The maximum absolute atomic E-state index is 10.6. The zero-order valence-corrected chi connectivity index (χ0v) is 14.6. The highest BCUT2D eigenvalue weighted by Crippen LogP contribution is 1.94. The third-order valence-electron chi connectivity index (χ3n) is 2.17. The molecule has 0 fully saturated rings. The van der Waals surface area contributed by atoms with Gasteiger partial charge in [0, 0.05) is 13.1 Å². The van der Waals surface area contributed by atoms with Gasteiger partial charge in [-0.25, -0.2) is 0 Å². The summed E-state index contributed by atoms with van der Waals surface area (Å²) in [6.45, 7) is -2.25. The molecule has 0 saturated heterocycles. The molecule has 0 amide bonds. The van der Waals surface area contributed by atoms with Crippen molar-refractivity contribution in [3.8, 4) is 0 Å². The lowest BCUT2D eigenvalue weighted by molar-refractivity contribution is -0.145. The number of carboxylic acids is 4. The van der Waals surface area contributed by atoms with Gasteiger partial charge < -0.3 is 45.0 Å². The molecule has 0 heterocycles. The zero-order valence-electron chi connectivity index (χ0n) is 14.6. The van der Waals surface area contributed by atoms with Crippen LogP contribution in [-0.4, -0.2) is 93.4 Å². The first-order valence-corrected chi connectivity index (χ1v) is 5.52. The fourth-order valence-electron chi connectivity index (χ4n) is 1.48. The van der Waals surface area contributed by atoms with Crippen LogP contribution in [0.15, 0.2) is 0 Å². The summed E-state index contributed by atoms with van der Waals surface area (Å²) in [5.41, 5.74) is 0. The fraction of sp³-hybridized carbons (Fsp3) is 0.600. The van der Waals surface area contributed by atoms with Crippen LogP contribution in [0.4, 0.5) is 0 Å². The summed E-state index contributed by atoms with van der Waals surface area (Å²) in [5.74, 6) is -4.91. The van der Waals surface area contributed by atoms with Gasteiger partial charge in [-0.15, -0.1) is 0 Å². The quantitative estimate of drug-likeness (QED) is 0.230. The van der Waals surface area contributed by atoms with Crippen LogP contribution in [0.2, 0.25) is 0 Å². The molecule has 0 spiro atoms. The topological polar surface area (TPSA) is 302 Å². The summed E-state index contributed by atoms with van der Waals surface area (Å²) >= 11 is 0. The summed E-state index contributed by atoms with van der Waals surface area (Å²) in [7, 11) is 0. The third-order valence-corrected chi connectivity index (χ3v) is 2.17. The van der Waals surface area contributed by atoms with Crippen LogP contribution in [0.25, 0.3) is 0 Å². The molecule has 0 rings (SSSR count). The smallest absolute Gasteiger partial charge is 0.317 e. The Kier molecular flexibility index (Phi) is 23.6. The van der Waals surface area contributed by atoms with Gasteiger partial charge in [0.1, 0.15) is 0 Å². The number of hydrogen-bond donors (Lipinski definition) is 8. The van der Waals surface area contributed by atoms with Crippen molar-refractivity contribution >= 4 is 23.9 Å². The van der Waals surface area contributed by atoms with Gasteiger partial charge >= 0.3 is 23.9 Å². The van der Waals surface area contributed by atoms with Gasteiger partial charge in [0.15, 0.2) is 0 Å². The second kappa shape index (κ2) is 17.0. The van der Waals surface area contributed by atoms with Crippen LogP contribution < -0.4 is 24.6 Å². The van der Waals surface area contributed by atoms with E-state index in [1.807, 2.05) is 0 Å². The molecular weight excluding hydrogens is 332 g/mol. The highest BCUT2D eigenvalue weighted by atomic mass is 16.4. The summed E-state index contributed by atoms with van der Waals surface area (Å²) < 4.78 is 0. The molecule has 0 aliphatic heterocycles. The minimum atomic E-state index is -1.23. The SMILES string of the molecule is O=C(O)CN(CCN(CC(=O)O)CC(=O)O)CC(=O)O.[NH4+].[NH4+].[NH4+].[NH4+]. The van der Waals surface area contributed by atoms with Crippen LogP contribution in [0, 0.1) is 0 Å². The highest BCUT2D eigenvalue weighted by molar-refractivity contribution is 5.73. The molecular formula is C10H32N6O8+4. The summed E-state index contributed by atoms with van der Waals surface area (Å²) in [5, 5.41) is 34.5. The predicted octanol–water partition coefficient (Wildman–Crippen LogP) is -0.566. The van der Waals surface area contributed by atoms with E-state index in [0.29, 0.717) is 0 Å². The second-order valence-corrected chi connectivity index (χ2v) is 4.00. The van der Waals surface area contributed by atoms with Crippen molar-refractivity contribution in [2.45, 2.75) is 0 Å². The minimum absolute atomic E-state index is 0. The predicted molar refractivity (Wildman–Crippen MR) is 87.4 cm³/mol. The maximum atomic E-state index is 10.6. The molecule has 0 aliphatic rings. The Bertz CT molecular complexity index is 326. The normalized spacial score (nSPS) is 8.92. The van der Waals surface area contributed by atoms with Gasteiger partial charge in [-0.3, -0.25) is 29.0 Å². The van der Waals surface area contributed by atoms with Crippen molar-refractivity contribution in [3.05, 3.63) is 0 Å². The van der Waals surface area contributed by atoms with E-state index in [1.165, 1.54) is 0 Å². The third kappa shape index (κ3) is 19.6. The lowest BCUT2D eigenvalue weighted by Crippen LogP contribution is -2.43. The lowest BCUT2D eigenvalue weighted by atomic mass is 10.4. The van der Waals surface area contributed by atoms with E-state index in [-0.39, 0.29) is 37.7 Å². The Morgan fingerprint density at radius 2 is 0.667 bits per heavy atom. The van der Waals surface area contributed by atoms with Gasteiger partial charge in [-0.1, -0.05) is 0 Å². The summed E-state index contributed by atoms with van der Waals surface area (Å²) in [4.78, 5) is 44.4. The van der Waals surface area contributed by atoms with E-state index >= 15 is 0 Å². The van der Waals surface area contributed by atoms with Crippen molar-refractivity contribution < 1.29 is 39.6 Å². The number of rotatable bonds is 11. The minimum Gasteiger partial charge on any atom is -0.480 e. The van der Waals surface area contributed by atoms with Crippen LogP contribution in [0.1, 0.15) is 0 Å². The number of hydrogen-bond acceptors (Lipinski definition) is 6. The van der Waals surface area contributed by atoms with E-state index in [2.05, 4.69) is 0 Å². The van der Waals surface area contributed by atoms with Crippen molar-refractivity contribution in [1.82, 2.24) is 34.4 Å². The fourth-order valence-corrected chi connectivity index (χ4v) is 1.48. The molecule has 14 nitrogen and oxygen atoms in total. The molecule has 14 heteroatoms. The number of aliphatic carboxylic acids is 4. The van der Waals surface area contributed by atoms with Gasteiger partial charge in [0.2, 0.25) is 0 Å². The molecule has 0 bridgehead atoms. The number of carboxylic acid groups (broad SMARTS) is 4. The molecule has 0 saturated carbocycles. The molecule has 0 atom stereocenters. The lowest BCUT2D eigenvalue weighted by Gasteiger charge is -2.23. The first-order valence-electron chi connectivity index (χ1n) is 5.52. The monoisotopic (exact) mass is 364 g/mol. The maximum Gasteiger partial charge on any atom is 0.317 e. The van der Waals surface area contributed by atoms with Crippen LogP contribution in [0.3, 0.4) is 0 Å². The Balaban J connectivity index is -0.000000301. The first kappa shape index (κ1) is 33.3. The summed E-state index contributed by atoms with van der Waals surface area (Å²) in [6.07, 6.45) is 0. The Morgan fingerprint density at radius 1 is 0.500 bits per heavy atom. The second-order valence-electron chi connectivity index (χ2n) is 4.00. The molecule has 146 valence electrons. The van der Waals surface area contributed by atoms with Crippen LogP contribution in [0.5, 0.6) is 0 Å². The molecule has 0 aromatic rings. The molecule has 0 aliphatic carbocycles. The van der Waals surface area contributed by atoms with E-state index in [0.717, 1.165) is 9.80 Å². The van der Waals surface area contributed by atoms with Gasteiger partial charge in [0.25, 0.3) is 0 Å². The Labute approximate surface area is 138 Å². The zero-order chi connectivity index (χ0) is 15.7. The number of carbonyl (C=O) groups is 4. The van der Waals surface area contributed by atoms with Crippen molar-refractivity contribution in [1.29, 1.82) is 0 Å². The molecule has 0 radical (unpaired) electrons. The average molecular weight is 364 g/mol. The van der Waals surface area contributed by atoms with Gasteiger partial charge in [-0.05, 0) is 0 Å². The Hall–Kier alpha value is -2.36. The molecule has 0 unspecified atom stereocenters. The van der Waals surface area contributed by atoms with E-state index < -0.39 is 50.1 Å². The number of quaternary nitrogens is 4. The largest absolute Gasteiger partial charge is 0.480 e. The van der Waals surface area contributed by atoms with Crippen LogP contribution in [-0.2, 0) is 19.2 Å². The summed E-state index contributed by atoms with van der Waals surface area (Å²) in [6, 6.07) is 0. The molecule has 24 heavy (non-hydrogen) atoms. The first-order chi connectivity index (χ1) is 9.20. The van der Waals surface area contributed by atoms with Gasteiger partial charge in [-0.2, -0.15) is 0 Å². The van der Waals surface area contributed by atoms with Crippen molar-refractivity contribution in [2.24, 2.45) is 0 Å². The highest BCUT2D eigenvalue weighted by Gasteiger charge is 2.17. The van der Waals surface area contributed by atoms with Crippen molar-refractivity contribution in [2.75, 3.05) is 39.3 Å².